The van der Waals surface area contributed by atoms with E-state index in [1.165, 1.54) is 13.2 Å². The van der Waals surface area contributed by atoms with Crippen LogP contribution >= 0.6 is 0 Å². The zero-order valence-electron chi connectivity index (χ0n) is 11.4. The molecule has 106 valence electrons. The number of methoxy groups -OCH3 is 1. The summed E-state index contributed by atoms with van der Waals surface area (Å²) >= 11 is 0. The van der Waals surface area contributed by atoms with Crippen molar-refractivity contribution < 1.29 is 19.2 Å². The molecule has 0 aliphatic carbocycles. The molecule has 7 heteroatoms. The first kappa shape index (κ1) is 13.9. The number of aryl methyl sites for hydroxylation is 1. The standard InChI is InChI=1S/C13H14N2O5/c1-4-12(16)20-11-7-14(2)9-5-8(19-3)6-10(13(9)11)15(17)18/h5-7H,4H2,1-3H3. The molecule has 7 nitrogen and oxygen atoms in total. The molecular weight excluding hydrogens is 264 g/mol. The van der Waals surface area contributed by atoms with Gasteiger partial charge in [-0.2, -0.15) is 0 Å². The summed E-state index contributed by atoms with van der Waals surface area (Å²) in [6.45, 7) is 1.66. The number of carbonyl (C=O) groups excluding carboxylic acids is 1. The van der Waals surface area contributed by atoms with E-state index >= 15 is 0 Å². The van der Waals surface area contributed by atoms with Crippen LogP contribution in [0.3, 0.4) is 0 Å². The van der Waals surface area contributed by atoms with Crippen molar-refractivity contribution in [1.29, 1.82) is 0 Å². The molecule has 0 aliphatic rings. The van der Waals surface area contributed by atoms with Crippen molar-refractivity contribution in [2.24, 2.45) is 7.05 Å². The van der Waals surface area contributed by atoms with Gasteiger partial charge >= 0.3 is 5.97 Å². The van der Waals surface area contributed by atoms with Crippen LogP contribution in [-0.4, -0.2) is 22.6 Å². The summed E-state index contributed by atoms with van der Waals surface area (Å²) in [7, 11) is 3.15. The number of fused-ring (bicyclic) bond motifs is 1. The Bertz CT molecular complexity index is 690. The maximum Gasteiger partial charge on any atom is 0.310 e. The van der Waals surface area contributed by atoms with Crippen LogP contribution in [0.15, 0.2) is 18.3 Å². The van der Waals surface area contributed by atoms with Gasteiger partial charge in [0.2, 0.25) is 0 Å². The van der Waals surface area contributed by atoms with Crippen molar-refractivity contribution in [3.05, 3.63) is 28.4 Å². The van der Waals surface area contributed by atoms with Gasteiger partial charge in [-0.3, -0.25) is 14.9 Å². The number of non-ortho nitro benzene ring substituents is 1. The molecule has 0 unspecified atom stereocenters. The van der Waals surface area contributed by atoms with Gasteiger partial charge in [-0.05, 0) is 0 Å². The third-order valence-corrected chi connectivity index (χ3v) is 2.95. The smallest absolute Gasteiger partial charge is 0.310 e. The molecule has 0 spiro atoms. The predicted molar refractivity (Wildman–Crippen MR) is 72.1 cm³/mol. The minimum absolute atomic E-state index is 0.154. The molecule has 0 saturated heterocycles. The monoisotopic (exact) mass is 278 g/mol. The highest BCUT2D eigenvalue weighted by Crippen LogP contribution is 2.38. The number of nitro benzene ring substituents is 1. The Hall–Kier alpha value is -2.57. The largest absolute Gasteiger partial charge is 0.496 e. The summed E-state index contributed by atoms with van der Waals surface area (Å²) in [5.41, 5.74) is 0.411. The van der Waals surface area contributed by atoms with Crippen molar-refractivity contribution in [2.75, 3.05) is 7.11 Å². The van der Waals surface area contributed by atoms with Gasteiger partial charge in [-0.1, -0.05) is 6.92 Å². The summed E-state index contributed by atoms with van der Waals surface area (Å²) in [6, 6.07) is 2.97. The molecule has 0 N–H and O–H groups in total. The first-order chi connectivity index (χ1) is 9.47. The van der Waals surface area contributed by atoms with E-state index in [0.717, 1.165) is 0 Å². The van der Waals surface area contributed by atoms with E-state index in [9.17, 15) is 14.9 Å². The van der Waals surface area contributed by atoms with Gasteiger partial charge in [0.1, 0.15) is 11.1 Å². The molecular formula is C13H14N2O5. The van der Waals surface area contributed by atoms with Crippen LogP contribution < -0.4 is 9.47 Å². The van der Waals surface area contributed by atoms with E-state index in [4.69, 9.17) is 9.47 Å². The van der Waals surface area contributed by atoms with E-state index in [-0.39, 0.29) is 17.9 Å². The Morgan fingerprint density at radius 2 is 2.15 bits per heavy atom. The molecule has 0 amide bonds. The Morgan fingerprint density at radius 1 is 1.45 bits per heavy atom. The van der Waals surface area contributed by atoms with Gasteiger partial charge < -0.3 is 14.0 Å². The summed E-state index contributed by atoms with van der Waals surface area (Å²) < 4.78 is 11.9. The van der Waals surface area contributed by atoms with Crippen molar-refractivity contribution >= 4 is 22.6 Å². The highest BCUT2D eigenvalue weighted by molar-refractivity contribution is 5.97. The third kappa shape index (κ3) is 2.29. The summed E-state index contributed by atoms with van der Waals surface area (Å²) in [6.07, 6.45) is 1.74. The van der Waals surface area contributed by atoms with Crippen LogP contribution in [0.5, 0.6) is 11.5 Å². The second-order valence-electron chi connectivity index (χ2n) is 4.23. The fraction of sp³-hybridized carbons (Fsp3) is 0.308. The number of aromatic nitrogens is 1. The predicted octanol–water partition coefficient (Wildman–Crippen LogP) is 2.41. The average Bonchev–Trinajstić information content (AvgIpc) is 2.74. The second kappa shape index (κ2) is 5.20. The quantitative estimate of drug-likeness (QED) is 0.487. The Labute approximate surface area is 114 Å². The molecule has 20 heavy (non-hydrogen) atoms. The van der Waals surface area contributed by atoms with Crippen molar-refractivity contribution in [2.45, 2.75) is 13.3 Å². The van der Waals surface area contributed by atoms with Gasteiger partial charge in [-0.15, -0.1) is 0 Å². The first-order valence-corrected chi connectivity index (χ1v) is 6.00. The van der Waals surface area contributed by atoms with Gasteiger partial charge in [-0.25, -0.2) is 0 Å². The van der Waals surface area contributed by atoms with E-state index in [0.29, 0.717) is 16.7 Å². The number of ether oxygens (including phenoxy) is 2. The van der Waals surface area contributed by atoms with E-state index in [2.05, 4.69) is 0 Å². The lowest BCUT2D eigenvalue weighted by Crippen LogP contribution is -2.05. The molecule has 0 saturated carbocycles. The van der Waals surface area contributed by atoms with E-state index < -0.39 is 10.9 Å². The van der Waals surface area contributed by atoms with Crippen LogP contribution in [0.2, 0.25) is 0 Å². The maximum absolute atomic E-state index is 11.4. The number of hydrogen-bond donors (Lipinski definition) is 0. The Kier molecular flexibility index (Phi) is 3.60. The lowest BCUT2D eigenvalue weighted by atomic mass is 10.2. The molecule has 0 fully saturated rings. The summed E-state index contributed by atoms with van der Waals surface area (Å²) in [5, 5.41) is 11.5. The number of nitrogens with zero attached hydrogens (tertiary/aromatic N) is 2. The normalized spacial score (nSPS) is 10.6. The zero-order chi connectivity index (χ0) is 14.9. The van der Waals surface area contributed by atoms with E-state index in [1.807, 2.05) is 0 Å². The van der Waals surface area contributed by atoms with Crippen LogP contribution in [0.25, 0.3) is 10.9 Å². The first-order valence-electron chi connectivity index (χ1n) is 6.00. The highest BCUT2D eigenvalue weighted by atomic mass is 16.6. The Morgan fingerprint density at radius 3 is 2.70 bits per heavy atom. The molecule has 0 aliphatic heterocycles. The molecule has 1 heterocycles. The van der Waals surface area contributed by atoms with Crippen molar-refractivity contribution in [3.8, 4) is 11.5 Å². The van der Waals surface area contributed by atoms with Gasteiger partial charge in [0.15, 0.2) is 5.75 Å². The van der Waals surface area contributed by atoms with Gasteiger partial charge in [0, 0.05) is 25.7 Å². The van der Waals surface area contributed by atoms with Crippen molar-refractivity contribution in [3.63, 3.8) is 0 Å². The SMILES string of the molecule is CCC(=O)Oc1cn(C)c2cc(OC)cc([N+](=O)[O-])c12. The summed E-state index contributed by atoms with van der Waals surface area (Å²) in [5.74, 6) is 0.116. The number of esters is 1. The van der Waals surface area contributed by atoms with Gasteiger partial charge in [0.25, 0.3) is 5.69 Å². The molecule has 2 rings (SSSR count). The number of benzene rings is 1. The third-order valence-electron chi connectivity index (χ3n) is 2.95. The second-order valence-corrected chi connectivity index (χ2v) is 4.23. The summed E-state index contributed by atoms with van der Waals surface area (Å²) in [4.78, 5) is 22.1. The molecule has 0 bridgehead atoms. The van der Waals surface area contributed by atoms with Crippen LogP contribution in [-0.2, 0) is 11.8 Å². The molecule has 0 radical (unpaired) electrons. The van der Waals surface area contributed by atoms with Crippen LogP contribution in [0.4, 0.5) is 5.69 Å². The van der Waals surface area contributed by atoms with Crippen LogP contribution in [0.1, 0.15) is 13.3 Å². The molecule has 0 atom stereocenters. The topological polar surface area (TPSA) is 83.6 Å². The Balaban J connectivity index is 2.72. The minimum Gasteiger partial charge on any atom is -0.496 e. The van der Waals surface area contributed by atoms with Crippen molar-refractivity contribution in [1.82, 2.24) is 4.57 Å². The number of nitro groups is 1. The fourth-order valence-electron chi connectivity index (χ4n) is 1.96. The lowest BCUT2D eigenvalue weighted by Gasteiger charge is -2.04. The molecule has 1 aromatic carbocycles. The average molecular weight is 278 g/mol. The van der Waals surface area contributed by atoms with E-state index in [1.54, 1.807) is 30.8 Å². The van der Waals surface area contributed by atoms with Gasteiger partial charge in [0.05, 0.1) is 23.6 Å². The zero-order valence-corrected chi connectivity index (χ0v) is 11.4. The number of carbonyl (C=O) groups is 1. The number of hydrogen-bond acceptors (Lipinski definition) is 5. The minimum atomic E-state index is -0.520. The highest BCUT2D eigenvalue weighted by Gasteiger charge is 2.23. The fourth-order valence-corrected chi connectivity index (χ4v) is 1.96. The lowest BCUT2D eigenvalue weighted by molar-refractivity contribution is -0.383. The maximum atomic E-state index is 11.4. The number of rotatable bonds is 4. The molecule has 2 aromatic rings. The molecule has 1 aromatic heterocycles. The van der Waals surface area contributed by atoms with Crippen LogP contribution in [0, 0.1) is 10.1 Å².